The van der Waals surface area contributed by atoms with Crippen molar-refractivity contribution in [2.75, 3.05) is 26.2 Å². The van der Waals surface area contributed by atoms with Crippen LogP contribution in [0.5, 0.6) is 0 Å². The van der Waals surface area contributed by atoms with E-state index in [0.29, 0.717) is 12.5 Å². The highest BCUT2D eigenvalue weighted by Crippen LogP contribution is 2.15. The van der Waals surface area contributed by atoms with Gasteiger partial charge in [0, 0.05) is 19.7 Å². The third-order valence-corrected chi connectivity index (χ3v) is 2.51. The predicted molar refractivity (Wildman–Crippen MR) is 51.1 cm³/mol. The Hall–Kier alpha value is -0.340. The van der Waals surface area contributed by atoms with Crippen molar-refractivity contribution >= 4 is 0 Å². The zero-order chi connectivity index (χ0) is 8.81. The fourth-order valence-electron chi connectivity index (χ4n) is 1.78. The van der Waals surface area contributed by atoms with E-state index in [0.717, 1.165) is 19.5 Å². The van der Waals surface area contributed by atoms with E-state index in [-0.39, 0.29) is 0 Å². The molecule has 1 aliphatic rings. The smallest absolute Gasteiger partial charge is 0.0471 e. The van der Waals surface area contributed by atoms with Crippen LogP contribution in [-0.4, -0.2) is 36.2 Å². The Balaban J connectivity index is 2.20. The monoisotopic (exact) mass is 169 g/mol. The van der Waals surface area contributed by atoms with Gasteiger partial charge in [0.15, 0.2) is 0 Å². The third-order valence-electron chi connectivity index (χ3n) is 2.51. The largest absolute Gasteiger partial charge is 0.396 e. The lowest BCUT2D eigenvalue weighted by atomic mass is 9.99. The van der Waals surface area contributed by atoms with Crippen LogP contribution in [0.1, 0.15) is 19.3 Å². The second-order valence-electron chi connectivity index (χ2n) is 3.57. The van der Waals surface area contributed by atoms with Gasteiger partial charge >= 0.3 is 0 Å². The van der Waals surface area contributed by atoms with Gasteiger partial charge in [-0.3, -0.25) is 0 Å². The van der Waals surface area contributed by atoms with Crippen LogP contribution in [0.15, 0.2) is 12.7 Å². The van der Waals surface area contributed by atoms with Gasteiger partial charge in [-0.05, 0) is 31.7 Å². The summed E-state index contributed by atoms with van der Waals surface area (Å²) in [6.45, 7) is 7.44. The Bertz CT molecular complexity index is 136. The van der Waals surface area contributed by atoms with E-state index in [1.165, 1.54) is 19.4 Å². The lowest BCUT2D eigenvalue weighted by molar-refractivity contribution is 0.122. The number of piperidine rings is 1. The zero-order valence-electron chi connectivity index (χ0n) is 7.71. The maximum Gasteiger partial charge on any atom is 0.0471 e. The molecule has 12 heavy (non-hydrogen) atoms. The highest BCUT2D eigenvalue weighted by Gasteiger charge is 2.17. The maximum absolute atomic E-state index is 8.99. The molecule has 0 saturated carbocycles. The van der Waals surface area contributed by atoms with Crippen LogP contribution in [0.25, 0.3) is 0 Å². The number of likely N-dealkylation sites (tertiary alicyclic amines) is 1. The van der Waals surface area contributed by atoms with Gasteiger partial charge in [0.2, 0.25) is 0 Å². The Kier molecular flexibility index (Phi) is 4.33. The first-order valence-electron chi connectivity index (χ1n) is 4.81. The summed E-state index contributed by atoms with van der Waals surface area (Å²) in [5.41, 5.74) is 0. The quantitative estimate of drug-likeness (QED) is 0.641. The van der Waals surface area contributed by atoms with Crippen LogP contribution in [0, 0.1) is 5.92 Å². The molecule has 0 aliphatic carbocycles. The number of hydrogen-bond donors (Lipinski definition) is 1. The van der Waals surface area contributed by atoms with Gasteiger partial charge in [-0.15, -0.1) is 6.58 Å². The average Bonchev–Trinajstić information content (AvgIpc) is 2.15. The van der Waals surface area contributed by atoms with Gasteiger partial charge in [0.1, 0.15) is 0 Å². The molecule has 70 valence electrons. The summed E-state index contributed by atoms with van der Waals surface area (Å²) in [7, 11) is 0. The average molecular weight is 169 g/mol. The summed E-state index contributed by atoms with van der Waals surface area (Å²) < 4.78 is 0. The second-order valence-corrected chi connectivity index (χ2v) is 3.57. The maximum atomic E-state index is 8.99. The minimum absolute atomic E-state index is 0.352. The van der Waals surface area contributed by atoms with Crippen molar-refractivity contribution in [3.8, 4) is 0 Å². The molecule has 0 amide bonds. The van der Waals surface area contributed by atoms with Crippen molar-refractivity contribution in [2.24, 2.45) is 5.92 Å². The lowest BCUT2D eigenvalue weighted by Crippen LogP contribution is -2.37. The molecule has 0 radical (unpaired) electrons. The van der Waals surface area contributed by atoms with E-state index in [1.54, 1.807) is 0 Å². The molecule has 2 heteroatoms. The van der Waals surface area contributed by atoms with E-state index in [1.807, 2.05) is 6.08 Å². The molecular formula is C10H19NO. The highest BCUT2D eigenvalue weighted by molar-refractivity contribution is 4.75. The van der Waals surface area contributed by atoms with Crippen LogP contribution in [0.2, 0.25) is 0 Å². The normalized spacial score (nSPS) is 25.6. The molecule has 1 N–H and O–H groups in total. The molecular weight excluding hydrogens is 150 g/mol. The third kappa shape index (κ3) is 2.95. The Morgan fingerprint density at radius 2 is 2.42 bits per heavy atom. The number of rotatable bonds is 4. The first kappa shape index (κ1) is 9.75. The van der Waals surface area contributed by atoms with Crippen molar-refractivity contribution in [1.29, 1.82) is 0 Å². The molecule has 1 aliphatic heterocycles. The molecule has 1 unspecified atom stereocenters. The molecule has 1 rings (SSSR count). The van der Waals surface area contributed by atoms with Crippen LogP contribution in [-0.2, 0) is 0 Å². The van der Waals surface area contributed by atoms with Gasteiger partial charge in [0.25, 0.3) is 0 Å². The molecule has 0 bridgehead atoms. The lowest BCUT2D eigenvalue weighted by Gasteiger charge is -2.31. The highest BCUT2D eigenvalue weighted by atomic mass is 16.3. The molecule has 2 nitrogen and oxygen atoms in total. The Labute approximate surface area is 74.9 Å². The molecule has 1 saturated heterocycles. The van der Waals surface area contributed by atoms with Crippen molar-refractivity contribution in [3.63, 3.8) is 0 Å². The molecule has 0 aromatic carbocycles. The fourth-order valence-corrected chi connectivity index (χ4v) is 1.78. The van der Waals surface area contributed by atoms with E-state index in [2.05, 4.69) is 11.5 Å². The summed E-state index contributed by atoms with van der Waals surface area (Å²) in [5.74, 6) is 0.517. The van der Waals surface area contributed by atoms with E-state index >= 15 is 0 Å². The molecule has 1 atom stereocenters. The Morgan fingerprint density at radius 1 is 1.58 bits per heavy atom. The van der Waals surface area contributed by atoms with Crippen LogP contribution >= 0.6 is 0 Å². The predicted octanol–water partition coefficient (Wildman–Crippen LogP) is 1.27. The van der Waals surface area contributed by atoms with E-state index in [4.69, 9.17) is 5.11 Å². The first-order chi connectivity index (χ1) is 5.86. The Morgan fingerprint density at radius 3 is 3.08 bits per heavy atom. The SMILES string of the molecule is C=CCCN1CCCC(CO)C1. The summed E-state index contributed by atoms with van der Waals surface area (Å²) in [4.78, 5) is 2.42. The van der Waals surface area contributed by atoms with Gasteiger partial charge in [0.05, 0.1) is 0 Å². The van der Waals surface area contributed by atoms with E-state index < -0.39 is 0 Å². The molecule has 1 heterocycles. The minimum Gasteiger partial charge on any atom is -0.396 e. The second kappa shape index (κ2) is 5.33. The van der Waals surface area contributed by atoms with Gasteiger partial charge in [-0.2, -0.15) is 0 Å². The molecule has 1 fully saturated rings. The number of aliphatic hydroxyl groups is 1. The number of aliphatic hydroxyl groups excluding tert-OH is 1. The van der Waals surface area contributed by atoms with Gasteiger partial charge < -0.3 is 10.0 Å². The fraction of sp³-hybridized carbons (Fsp3) is 0.800. The van der Waals surface area contributed by atoms with Crippen LogP contribution < -0.4 is 0 Å². The molecule has 0 spiro atoms. The summed E-state index contributed by atoms with van der Waals surface area (Å²) >= 11 is 0. The molecule has 0 aromatic heterocycles. The van der Waals surface area contributed by atoms with Crippen molar-refractivity contribution < 1.29 is 5.11 Å². The topological polar surface area (TPSA) is 23.5 Å². The van der Waals surface area contributed by atoms with Gasteiger partial charge in [-0.25, -0.2) is 0 Å². The first-order valence-corrected chi connectivity index (χ1v) is 4.81. The summed E-state index contributed by atoms with van der Waals surface area (Å²) in [6.07, 6.45) is 5.46. The zero-order valence-corrected chi connectivity index (χ0v) is 7.71. The minimum atomic E-state index is 0.352. The molecule has 0 aromatic rings. The van der Waals surface area contributed by atoms with E-state index in [9.17, 15) is 0 Å². The van der Waals surface area contributed by atoms with Gasteiger partial charge in [-0.1, -0.05) is 6.08 Å². The van der Waals surface area contributed by atoms with Crippen LogP contribution in [0.3, 0.4) is 0 Å². The number of hydrogen-bond acceptors (Lipinski definition) is 2. The van der Waals surface area contributed by atoms with Crippen LogP contribution in [0.4, 0.5) is 0 Å². The van der Waals surface area contributed by atoms with Crippen molar-refractivity contribution in [2.45, 2.75) is 19.3 Å². The number of nitrogens with zero attached hydrogens (tertiary/aromatic N) is 1. The summed E-state index contributed by atoms with van der Waals surface area (Å²) in [6, 6.07) is 0. The van der Waals surface area contributed by atoms with Crippen molar-refractivity contribution in [1.82, 2.24) is 4.90 Å². The standard InChI is InChI=1S/C10H19NO/c1-2-3-6-11-7-4-5-10(8-11)9-12/h2,10,12H,1,3-9H2. The van der Waals surface area contributed by atoms with Crippen molar-refractivity contribution in [3.05, 3.63) is 12.7 Å². The summed E-state index contributed by atoms with van der Waals surface area (Å²) in [5, 5.41) is 8.99.